The minimum absolute atomic E-state index is 0.00662. The smallest absolute Gasteiger partial charge is 0.292 e. The van der Waals surface area contributed by atoms with Gasteiger partial charge in [0.25, 0.3) is 11.6 Å². The first-order valence-electron chi connectivity index (χ1n) is 6.60. The molecule has 0 saturated carbocycles. The van der Waals surface area contributed by atoms with Crippen molar-refractivity contribution in [2.45, 2.75) is 19.4 Å². The Labute approximate surface area is 116 Å². The molecule has 0 spiro atoms. The maximum Gasteiger partial charge on any atom is 0.292 e. The van der Waals surface area contributed by atoms with Gasteiger partial charge in [0, 0.05) is 37.3 Å². The lowest BCUT2D eigenvalue weighted by Crippen LogP contribution is -2.27. The zero-order valence-corrected chi connectivity index (χ0v) is 11.3. The first-order valence-corrected chi connectivity index (χ1v) is 6.60. The van der Waals surface area contributed by atoms with Crippen LogP contribution in [0.4, 0.5) is 11.4 Å². The molecule has 1 aromatic carbocycles. The quantitative estimate of drug-likeness (QED) is 0.629. The van der Waals surface area contributed by atoms with Gasteiger partial charge in [0.15, 0.2) is 0 Å². The molecule has 7 heteroatoms. The summed E-state index contributed by atoms with van der Waals surface area (Å²) in [5, 5.41) is 13.8. The number of benzene rings is 1. The van der Waals surface area contributed by atoms with Crippen LogP contribution in [-0.2, 0) is 0 Å². The van der Waals surface area contributed by atoms with E-state index in [1.165, 1.54) is 12.1 Å². The fourth-order valence-electron chi connectivity index (χ4n) is 2.34. The van der Waals surface area contributed by atoms with Crippen molar-refractivity contribution in [2.75, 3.05) is 24.5 Å². The van der Waals surface area contributed by atoms with E-state index in [2.05, 4.69) is 5.32 Å². The Kier molecular flexibility index (Phi) is 4.19. The Hall–Kier alpha value is -2.15. The van der Waals surface area contributed by atoms with Crippen molar-refractivity contribution < 1.29 is 9.72 Å². The van der Waals surface area contributed by atoms with Crippen LogP contribution in [0.2, 0.25) is 0 Å². The zero-order valence-electron chi connectivity index (χ0n) is 11.3. The van der Waals surface area contributed by atoms with Crippen molar-refractivity contribution >= 4 is 17.3 Å². The molecule has 1 amide bonds. The molecule has 0 bridgehead atoms. The minimum atomic E-state index is -0.430. The third kappa shape index (κ3) is 2.88. The van der Waals surface area contributed by atoms with E-state index in [9.17, 15) is 14.9 Å². The lowest BCUT2D eigenvalue weighted by Gasteiger charge is -2.18. The molecule has 0 radical (unpaired) electrons. The Bertz CT molecular complexity index is 532. The summed E-state index contributed by atoms with van der Waals surface area (Å²) < 4.78 is 0. The second-order valence-corrected chi connectivity index (χ2v) is 4.81. The normalized spacial score (nSPS) is 18.1. The molecule has 1 aliphatic rings. The van der Waals surface area contributed by atoms with Crippen molar-refractivity contribution in [2.24, 2.45) is 5.73 Å². The van der Waals surface area contributed by atoms with Crippen LogP contribution in [0, 0.1) is 10.1 Å². The molecule has 1 heterocycles. The van der Waals surface area contributed by atoms with Gasteiger partial charge >= 0.3 is 0 Å². The van der Waals surface area contributed by atoms with Gasteiger partial charge in [-0.1, -0.05) is 0 Å². The summed E-state index contributed by atoms with van der Waals surface area (Å²) in [5.74, 6) is -0.229. The largest absolute Gasteiger partial charge is 0.364 e. The SMILES string of the molecule is CCNC(=O)c1ccc([N+](=O)[O-])c(N2CCC(N)C2)c1. The molecule has 1 saturated heterocycles. The van der Waals surface area contributed by atoms with E-state index >= 15 is 0 Å². The van der Waals surface area contributed by atoms with Crippen molar-refractivity contribution in [3.05, 3.63) is 33.9 Å². The highest BCUT2D eigenvalue weighted by atomic mass is 16.6. The van der Waals surface area contributed by atoms with Gasteiger partial charge in [0.05, 0.1) is 4.92 Å². The van der Waals surface area contributed by atoms with E-state index in [-0.39, 0.29) is 17.6 Å². The standard InChI is InChI=1S/C13H18N4O3/c1-2-15-13(18)9-3-4-11(17(19)20)12(7-9)16-6-5-10(14)8-16/h3-4,7,10H,2,5-6,8,14H2,1H3,(H,15,18). The number of carbonyl (C=O) groups is 1. The topological polar surface area (TPSA) is 101 Å². The lowest BCUT2D eigenvalue weighted by atomic mass is 10.1. The Morgan fingerprint density at radius 2 is 2.35 bits per heavy atom. The van der Waals surface area contributed by atoms with Gasteiger partial charge in [-0.05, 0) is 25.5 Å². The summed E-state index contributed by atoms with van der Waals surface area (Å²) in [6.45, 7) is 3.57. The van der Waals surface area contributed by atoms with Crippen LogP contribution in [0.15, 0.2) is 18.2 Å². The highest BCUT2D eigenvalue weighted by Gasteiger charge is 2.26. The molecular formula is C13H18N4O3. The van der Waals surface area contributed by atoms with Gasteiger partial charge in [-0.15, -0.1) is 0 Å². The molecule has 1 unspecified atom stereocenters. The van der Waals surface area contributed by atoms with Crippen LogP contribution >= 0.6 is 0 Å². The van der Waals surface area contributed by atoms with Crippen LogP contribution in [-0.4, -0.2) is 36.5 Å². The van der Waals surface area contributed by atoms with Gasteiger partial charge in [-0.25, -0.2) is 0 Å². The molecule has 1 fully saturated rings. The molecule has 1 aromatic rings. The van der Waals surface area contributed by atoms with Gasteiger partial charge in [0.2, 0.25) is 0 Å². The van der Waals surface area contributed by atoms with E-state index in [0.29, 0.717) is 30.9 Å². The predicted molar refractivity (Wildman–Crippen MR) is 75.9 cm³/mol. The molecule has 2 rings (SSSR count). The van der Waals surface area contributed by atoms with Crippen molar-refractivity contribution in [1.82, 2.24) is 5.32 Å². The van der Waals surface area contributed by atoms with Crippen LogP contribution in [0.3, 0.4) is 0 Å². The number of nitrogens with two attached hydrogens (primary N) is 1. The Balaban J connectivity index is 2.37. The number of nitro groups is 1. The third-order valence-electron chi connectivity index (χ3n) is 3.34. The summed E-state index contributed by atoms with van der Waals surface area (Å²) in [6.07, 6.45) is 0.794. The summed E-state index contributed by atoms with van der Waals surface area (Å²) in [4.78, 5) is 24.4. The number of rotatable bonds is 4. The van der Waals surface area contributed by atoms with Crippen molar-refractivity contribution in [3.63, 3.8) is 0 Å². The molecule has 1 atom stereocenters. The molecule has 20 heavy (non-hydrogen) atoms. The van der Waals surface area contributed by atoms with Crippen LogP contribution < -0.4 is 16.0 Å². The van der Waals surface area contributed by atoms with Gasteiger partial charge < -0.3 is 16.0 Å². The number of nitrogens with one attached hydrogen (secondary N) is 1. The molecule has 1 aliphatic heterocycles. The first-order chi connectivity index (χ1) is 9.52. The molecule has 7 nitrogen and oxygen atoms in total. The lowest BCUT2D eigenvalue weighted by molar-refractivity contribution is -0.384. The Morgan fingerprint density at radius 3 is 2.90 bits per heavy atom. The van der Waals surface area contributed by atoms with Crippen molar-refractivity contribution in [1.29, 1.82) is 0 Å². The number of hydrogen-bond acceptors (Lipinski definition) is 5. The molecular weight excluding hydrogens is 260 g/mol. The molecule has 3 N–H and O–H groups in total. The maximum absolute atomic E-state index is 11.8. The van der Waals surface area contributed by atoms with Gasteiger partial charge in [-0.3, -0.25) is 14.9 Å². The fourth-order valence-corrected chi connectivity index (χ4v) is 2.34. The highest BCUT2D eigenvalue weighted by molar-refractivity contribution is 5.96. The van der Waals surface area contributed by atoms with E-state index in [4.69, 9.17) is 5.73 Å². The summed E-state index contributed by atoms with van der Waals surface area (Å²) >= 11 is 0. The van der Waals surface area contributed by atoms with Crippen LogP contribution in [0.25, 0.3) is 0 Å². The Morgan fingerprint density at radius 1 is 1.60 bits per heavy atom. The number of anilines is 1. The zero-order chi connectivity index (χ0) is 14.7. The molecule has 0 aromatic heterocycles. The van der Waals surface area contributed by atoms with E-state index in [0.717, 1.165) is 6.42 Å². The maximum atomic E-state index is 11.8. The second-order valence-electron chi connectivity index (χ2n) is 4.81. The first kappa shape index (κ1) is 14.3. The summed E-state index contributed by atoms with van der Waals surface area (Å²) in [6, 6.07) is 4.44. The number of amides is 1. The minimum Gasteiger partial charge on any atom is -0.364 e. The fraction of sp³-hybridized carbons (Fsp3) is 0.462. The van der Waals surface area contributed by atoms with E-state index in [1.807, 2.05) is 11.8 Å². The summed E-state index contributed by atoms with van der Waals surface area (Å²) in [5.41, 5.74) is 6.74. The van der Waals surface area contributed by atoms with E-state index < -0.39 is 4.92 Å². The monoisotopic (exact) mass is 278 g/mol. The summed E-state index contributed by atoms with van der Waals surface area (Å²) in [7, 11) is 0. The molecule has 108 valence electrons. The number of nitro benzene ring substituents is 1. The van der Waals surface area contributed by atoms with Crippen LogP contribution in [0.1, 0.15) is 23.7 Å². The number of hydrogen-bond donors (Lipinski definition) is 2. The van der Waals surface area contributed by atoms with E-state index in [1.54, 1.807) is 6.07 Å². The average Bonchev–Trinajstić information content (AvgIpc) is 2.85. The molecule has 0 aliphatic carbocycles. The van der Waals surface area contributed by atoms with Crippen molar-refractivity contribution in [3.8, 4) is 0 Å². The predicted octanol–water partition coefficient (Wildman–Crippen LogP) is 0.882. The van der Waals surface area contributed by atoms with Gasteiger partial charge in [-0.2, -0.15) is 0 Å². The average molecular weight is 278 g/mol. The van der Waals surface area contributed by atoms with Gasteiger partial charge in [0.1, 0.15) is 5.69 Å². The third-order valence-corrected chi connectivity index (χ3v) is 3.34. The number of carbonyl (C=O) groups excluding carboxylic acids is 1. The second kappa shape index (κ2) is 5.87. The van der Waals surface area contributed by atoms with Crippen LogP contribution in [0.5, 0.6) is 0 Å². The number of nitrogens with zero attached hydrogens (tertiary/aromatic N) is 2. The highest BCUT2D eigenvalue weighted by Crippen LogP contribution is 2.31.